The molecule has 35 heavy (non-hydrogen) atoms. The van der Waals surface area contributed by atoms with Crippen LogP contribution in [0.3, 0.4) is 0 Å². The van der Waals surface area contributed by atoms with Crippen LogP contribution in [-0.2, 0) is 30.7 Å². The summed E-state index contributed by atoms with van der Waals surface area (Å²) in [6.07, 6.45) is 3.35. The predicted molar refractivity (Wildman–Crippen MR) is 122 cm³/mol. The highest BCUT2D eigenvalue weighted by molar-refractivity contribution is 5.95. The Balaban J connectivity index is 1.39. The monoisotopic (exact) mass is 485 g/mol. The van der Waals surface area contributed by atoms with Crippen molar-refractivity contribution < 1.29 is 27.5 Å². The summed E-state index contributed by atoms with van der Waals surface area (Å²) in [4.78, 5) is 30.9. The summed E-state index contributed by atoms with van der Waals surface area (Å²) >= 11 is 0. The number of hydrogen-bond donors (Lipinski definition) is 0. The van der Waals surface area contributed by atoms with Gasteiger partial charge in [-0.05, 0) is 61.6 Å². The first-order valence-electron chi connectivity index (χ1n) is 11.3. The first-order chi connectivity index (χ1) is 16.5. The number of fused-ring (bicyclic) bond motifs is 1. The number of ketones is 1. The summed E-state index contributed by atoms with van der Waals surface area (Å²) in [5, 5.41) is 0. The number of hydrogen-bond acceptors (Lipinski definition) is 4. The lowest BCUT2D eigenvalue weighted by Gasteiger charge is -2.31. The molecule has 1 aliphatic heterocycles. The normalized spacial score (nSPS) is 13.5. The van der Waals surface area contributed by atoms with E-state index in [1.807, 2.05) is 39.0 Å². The van der Waals surface area contributed by atoms with Gasteiger partial charge in [0.25, 0.3) is 0 Å². The molecule has 1 aliphatic rings. The van der Waals surface area contributed by atoms with Crippen LogP contribution in [0.1, 0.15) is 53.5 Å². The number of rotatable bonds is 5. The number of nitrogens with zero attached hydrogens (tertiary/aromatic N) is 3. The van der Waals surface area contributed by atoms with E-state index in [4.69, 9.17) is 4.74 Å². The van der Waals surface area contributed by atoms with E-state index in [1.165, 1.54) is 17.1 Å². The minimum Gasteiger partial charge on any atom is -0.444 e. The summed E-state index contributed by atoms with van der Waals surface area (Å²) in [6.45, 7) is 6.52. The second-order valence-electron chi connectivity index (χ2n) is 9.66. The highest BCUT2D eigenvalue weighted by Gasteiger charge is 2.26. The average molecular weight is 486 g/mol. The molecule has 0 saturated heterocycles. The Morgan fingerprint density at radius 3 is 2.43 bits per heavy atom. The zero-order valence-electron chi connectivity index (χ0n) is 19.8. The van der Waals surface area contributed by atoms with Gasteiger partial charge in [-0.3, -0.25) is 4.79 Å². The van der Waals surface area contributed by atoms with Gasteiger partial charge in [-0.1, -0.05) is 18.2 Å². The van der Waals surface area contributed by atoms with Crippen molar-refractivity contribution in [3.05, 3.63) is 88.3 Å². The highest BCUT2D eigenvalue weighted by Crippen LogP contribution is 2.23. The summed E-state index contributed by atoms with van der Waals surface area (Å²) in [5.74, 6) is -4.25. The molecular formula is C26H26F3N3O3. The molecule has 0 fully saturated rings. The standard InChI is InChI=1S/C26H26F3N3O3/c1-26(2,3)35-25(34)32-7-6-18-8-16(4-5-19(18)13-32)11-23(33)22-14-31(15-30-22)12-17-9-20(27)24(29)21(28)10-17/h4-5,8-10,14-15H,6-7,11-13H2,1-3H3. The third-order valence-corrected chi connectivity index (χ3v) is 5.63. The molecule has 9 heteroatoms. The Morgan fingerprint density at radius 2 is 1.74 bits per heavy atom. The first-order valence-corrected chi connectivity index (χ1v) is 11.3. The first kappa shape index (κ1) is 24.5. The van der Waals surface area contributed by atoms with Gasteiger partial charge in [0.05, 0.1) is 6.33 Å². The lowest BCUT2D eigenvalue weighted by atomic mass is 9.95. The fourth-order valence-corrected chi connectivity index (χ4v) is 3.98. The minimum absolute atomic E-state index is 0.0430. The Hall–Kier alpha value is -3.62. The largest absolute Gasteiger partial charge is 0.444 e. The number of ether oxygens (including phenoxy) is 1. The van der Waals surface area contributed by atoms with E-state index in [0.29, 0.717) is 19.5 Å². The van der Waals surface area contributed by atoms with Gasteiger partial charge in [0.2, 0.25) is 0 Å². The van der Waals surface area contributed by atoms with E-state index in [2.05, 4.69) is 4.98 Å². The Kier molecular flexibility index (Phi) is 6.69. The van der Waals surface area contributed by atoms with Crippen LogP contribution in [0.4, 0.5) is 18.0 Å². The number of Topliss-reactive ketones (excluding diaryl/α,β-unsaturated/α-hetero) is 1. The molecule has 0 N–H and O–H groups in total. The lowest BCUT2D eigenvalue weighted by Crippen LogP contribution is -2.39. The minimum atomic E-state index is -1.52. The quantitative estimate of drug-likeness (QED) is 0.374. The zero-order valence-corrected chi connectivity index (χ0v) is 19.8. The number of benzene rings is 2. The molecule has 184 valence electrons. The topological polar surface area (TPSA) is 64.4 Å². The molecule has 0 bridgehead atoms. The zero-order chi connectivity index (χ0) is 25.3. The number of imidazole rings is 1. The fourth-order valence-electron chi connectivity index (χ4n) is 3.98. The van der Waals surface area contributed by atoms with Crippen molar-refractivity contribution in [2.45, 2.75) is 52.3 Å². The van der Waals surface area contributed by atoms with E-state index >= 15 is 0 Å². The van der Waals surface area contributed by atoms with Crippen molar-refractivity contribution in [3.8, 4) is 0 Å². The van der Waals surface area contributed by atoms with Crippen molar-refractivity contribution in [3.63, 3.8) is 0 Å². The molecule has 6 nitrogen and oxygen atoms in total. The molecule has 0 radical (unpaired) electrons. The van der Waals surface area contributed by atoms with Crippen molar-refractivity contribution in [2.24, 2.45) is 0 Å². The van der Waals surface area contributed by atoms with E-state index in [-0.39, 0.29) is 36.1 Å². The average Bonchev–Trinajstić information content (AvgIpc) is 3.24. The van der Waals surface area contributed by atoms with Gasteiger partial charge in [0.15, 0.2) is 23.2 Å². The van der Waals surface area contributed by atoms with Gasteiger partial charge in [0.1, 0.15) is 11.3 Å². The van der Waals surface area contributed by atoms with E-state index in [0.717, 1.165) is 28.8 Å². The molecule has 4 rings (SSSR count). The number of amides is 1. The molecule has 0 unspecified atom stereocenters. The van der Waals surface area contributed by atoms with Crippen LogP contribution in [0.25, 0.3) is 0 Å². The molecule has 0 atom stereocenters. The van der Waals surface area contributed by atoms with Crippen molar-refractivity contribution in [1.29, 1.82) is 0 Å². The molecule has 1 aromatic heterocycles. The molecule has 0 saturated carbocycles. The third-order valence-electron chi connectivity index (χ3n) is 5.63. The SMILES string of the molecule is CC(C)(C)OC(=O)N1CCc2cc(CC(=O)c3cn(Cc4cc(F)c(F)c(F)c4)cn3)ccc2C1. The maximum atomic E-state index is 13.4. The smallest absolute Gasteiger partial charge is 0.410 e. The second-order valence-corrected chi connectivity index (χ2v) is 9.66. The van der Waals surface area contributed by atoms with Crippen LogP contribution >= 0.6 is 0 Å². The van der Waals surface area contributed by atoms with Gasteiger partial charge in [-0.25, -0.2) is 22.9 Å². The summed E-state index contributed by atoms with van der Waals surface area (Å²) in [6, 6.07) is 7.58. The van der Waals surface area contributed by atoms with Gasteiger partial charge >= 0.3 is 6.09 Å². The number of aromatic nitrogens is 2. The summed E-state index contributed by atoms with van der Waals surface area (Å²) in [7, 11) is 0. The van der Waals surface area contributed by atoms with Crippen molar-refractivity contribution in [1.82, 2.24) is 14.5 Å². The predicted octanol–water partition coefficient (Wildman–Crippen LogP) is 5.07. The molecule has 0 aliphatic carbocycles. The Morgan fingerprint density at radius 1 is 1.03 bits per heavy atom. The number of carbonyl (C=O) groups excluding carboxylic acids is 2. The Bertz CT molecular complexity index is 1260. The molecule has 3 aromatic rings. The van der Waals surface area contributed by atoms with Gasteiger partial charge in [-0.2, -0.15) is 0 Å². The van der Waals surface area contributed by atoms with Crippen LogP contribution in [0.5, 0.6) is 0 Å². The van der Waals surface area contributed by atoms with Crippen molar-refractivity contribution in [2.75, 3.05) is 6.54 Å². The van der Waals surface area contributed by atoms with E-state index in [9.17, 15) is 22.8 Å². The van der Waals surface area contributed by atoms with Gasteiger partial charge in [-0.15, -0.1) is 0 Å². The third kappa shape index (κ3) is 5.90. The van der Waals surface area contributed by atoms with Crippen LogP contribution < -0.4 is 0 Å². The maximum absolute atomic E-state index is 13.4. The molecular weight excluding hydrogens is 459 g/mol. The molecule has 1 amide bonds. The molecule has 2 aromatic carbocycles. The molecule has 2 heterocycles. The number of halogens is 3. The highest BCUT2D eigenvalue weighted by atomic mass is 19.2. The van der Waals surface area contributed by atoms with Crippen LogP contribution in [0.2, 0.25) is 0 Å². The fraction of sp³-hybridized carbons (Fsp3) is 0.346. The van der Waals surface area contributed by atoms with E-state index in [1.54, 1.807) is 4.90 Å². The maximum Gasteiger partial charge on any atom is 0.410 e. The summed E-state index contributed by atoms with van der Waals surface area (Å²) in [5.41, 5.74) is 2.81. The van der Waals surface area contributed by atoms with Crippen LogP contribution in [0.15, 0.2) is 42.9 Å². The van der Waals surface area contributed by atoms with Crippen molar-refractivity contribution >= 4 is 11.9 Å². The molecule has 0 spiro atoms. The van der Waals surface area contributed by atoms with Crippen LogP contribution in [-0.4, -0.2) is 38.5 Å². The van der Waals surface area contributed by atoms with Gasteiger partial charge in [0, 0.05) is 32.3 Å². The second kappa shape index (κ2) is 9.56. The Labute approximate surface area is 201 Å². The van der Waals surface area contributed by atoms with Crippen LogP contribution in [0, 0.1) is 17.5 Å². The lowest BCUT2D eigenvalue weighted by molar-refractivity contribution is 0.0224. The van der Waals surface area contributed by atoms with Gasteiger partial charge < -0.3 is 14.2 Å². The summed E-state index contributed by atoms with van der Waals surface area (Å²) < 4.78 is 47.0. The van der Waals surface area contributed by atoms with E-state index < -0.39 is 23.1 Å². The number of carbonyl (C=O) groups is 2.